The molecule has 0 aliphatic carbocycles. The Balaban J connectivity index is 1.58. The number of carbonyl (C=O) groups excluding carboxylic acids is 3. The van der Waals surface area contributed by atoms with Gasteiger partial charge in [0.25, 0.3) is 5.91 Å². The second-order valence-electron chi connectivity index (χ2n) is 7.07. The quantitative estimate of drug-likeness (QED) is 0.578. The SMILES string of the molecule is C[C@]1(CCc2ccccc2)NC(=O)N(CC(=O)OCc2ccccc2C#N)C1=O. The molecule has 2 aromatic rings. The summed E-state index contributed by atoms with van der Waals surface area (Å²) < 4.78 is 5.16. The zero-order chi connectivity index (χ0) is 20.9. The van der Waals surface area contributed by atoms with E-state index in [1.807, 2.05) is 36.4 Å². The van der Waals surface area contributed by atoms with Gasteiger partial charge in [0.05, 0.1) is 11.6 Å². The van der Waals surface area contributed by atoms with Crippen LogP contribution < -0.4 is 5.32 Å². The Morgan fingerprint density at radius 2 is 1.83 bits per heavy atom. The van der Waals surface area contributed by atoms with Gasteiger partial charge >= 0.3 is 12.0 Å². The third-order valence-electron chi connectivity index (χ3n) is 4.92. The number of rotatable bonds is 7. The summed E-state index contributed by atoms with van der Waals surface area (Å²) in [6.45, 7) is 1.09. The zero-order valence-electron chi connectivity index (χ0n) is 16.1. The van der Waals surface area contributed by atoms with Crippen LogP contribution in [0.1, 0.15) is 30.0 Å². The Morgan fingerprint density at radius 3 is 2.55 bits per heavy atom. The predicted molar refractivity (Wildman–Crippen MR) is 104 cm³/mol. The Morgan fingerprint density at radius 1 is 1.14 bits per heavy atom. The van der Waals surface area contributed by atoms with Crippen molar-refractivity contribution in [3.63, 3.8) is 0 Å². The lowest BCUT2D eigenvalue weighted by Gasteiger charge is -2.21. The van der Waals surface area contributed by atoms with Gasteiger partial charge in [0, 0.05) is 5.56 Å². The number of esters is 1. The van der Waals surface area contributed by atoms with Crippen molar-refractivity contribution in [2.24, 2.45) is 0 Å². The van der Waals surface area contributed by atoms with Gasteiger partial charge in [-0.15, -0.1) is 0 Å². The van der Waals surface area contributed by atoms with Gasteiger partial charge in [0.1, 0.15) is 18.7 Å². The van der Waals surface area contributed by atoms with E-state index in [2.05, 4.69) is 5.32 Å². The molecule has 2 aromatic carbocycles. The normalized spacial score (nSPS) is 18.3. The number of hydrogen-bond acceptors (Lipinski definition) is 5. The van der Waals surface area contributed by atoms with E-state index in [1.54, 1.807) is 31.2 Å². The Bertz CT molecular complexity index is 968. The highest BCUT2D eigenvalue weighted by Gasteiger charge is 2.48. The van der Waals surface area contributed by atoms with Gasteiger partial charge in [-0.2, -0.15) is 5.26 Å². The van der Waals surface area contributed by atoms with E-state index in [0.717, 1.165) is 10.5 Å². The third-order valence-corrected chi connectivity index (χ3v) is 4.92. The van der Waals surface area contributed by atoms with E-state index in [0.29, 0.717) is 24.0 Å². The van der Waals surface area contributed by atoms with Gasteiger partial charge in [0.15, 0.2) is 0 Å². The molecule has 0 bridgehead atoms. The molecule has 0 radical (unpaired) electrons. The molecule has 1 N–H and O–H groups in total. The van der Waals surface area contributed by atoms with Crippen molar-refractivity contribution >= 4 is 17.9 Å². The number of carbonyl (C=O) groups is 3. The number of aryl methyl sites for hydroxylation is 1. The van der Waals surface area contributed by atoms with Crippen LogP contribution in [0.3, 0.4) is 0 Å². The molecule has 3 rings (SSSR count). The molecule has 1 fully saturated rings. The zero-order valence-corrected chi connectivity index (χ0v) is 16.1. The molecular formula is C22H21N3O4. The Labute approximate surface area is 168 Å². The minimum Gasteiger partial charge on any atom is -0.459 e. The standard InChI is InChI=1S/C22H21N3O4/c1-22(12-11-16-7-3-2-4-8-16)20(27)25(21(28)24-22)14-19(26)29-15-18-10-6-5-9-17(18)13-23/h2-10H,11-12,14-15H2,1H3,(H,24,28)/t22-/m1/s1. The van der Waals surface area contributed by atoms with Gasteiger partial charge in [-0.25, -0.2) is 4.79 Å². The lowest BCUT2D eigenvalue weighted by atomic mass is 9.93. The number of urea groups is 1. The van der Waals surface area contributed by atoms with Crippen LogP contribution in [-0.4, -0.2) is 34.9 Å². The number of nitrogens with zero attached hydrogens (tertiary/aromatic N) is 2. The van der Waals surface area contributed by atoms with Gasteiger partial charge in [-0.05, 0) is 31.4 Å². The minimum absolute atomic E-state index is 0.0997. The van der Waals surface area contributed by atoms with Gasteiger partial charge in [-0.1, -0.05) is 48.5 Å². The van der Waals surface area contributed by atoms with Crippen LogP contribution in [0.15, 0.2) is 54.6 Å². The highest BCUT2D eigenvalue weighted by Crippen LogP contribution is 2.23. The fourth-order valence-corrected chi connectivity index (χ4v) is 3.19. The first-order chi connectivity index (χ1) is 13.9. The second-order valence-corrected chi connectivity index (χ2v) is 7.07. The van der Waals surface area contributed by atoms with Crippen molar-refractivity contribution < 1.29 is 19.1 Å². The summed E-state index contributed by atoms with van der Waals surface area (Å²) in [5, 5.41) is 11.8. The number of benzene rings is 2. The van der Waals surface area contributed by atoms with E-state index in [4.69, 9.17) is 10.00 Å². The van der Waals surface area contributed by atoms with E-state index in [-0.39, 0.29) is 6.61 Å². The molecule has 148 valence electrons. The fraction of sp³-hybridized carbons (Fsp3) is 0.273. The monoisotopic (exact) mass is 391 g/mol. The molecule has 0 unspecified atom stereocenters. The van der Waals surface area contributed by atoms with Crippen molar-refractivity contribution in [1.29, 1.82) is 5.26 Å². The molecule has 29 heavy (non-hydrogen) atoms. The summed E-state index contributed by atoms with van der Waals surface area (Å²) in [7, 11) is 0. The lowest BCUT2D eigenvalue weighted by Crippen LogP contribution is -2.44. The van der Waals surface area contributed by atoms with Crippen molar-refractivity contribution in [2.75, 3.05) is 6.54 Å². The molecule has 0 saturated carbocycles. The summed E-state index contributed by atoms with van der Waals surface area (Å²) in [6, 6.07) is 17.8. The minimum atomic E-state index is -1.07. The number of nitrogens with one attached hydrogen (secondary N) is 1. The molecule has 1 aliphatic heterocycles. The summed E-state index contributed by atoms with van der Waals surface area (Å²) in [4.78, 5) is 38.1. The number of amides is 3. The molecule has 1 atom stereocenters. The average molecular weight is 391 g/mol. The molecule has 3 amide bonds. The molecule has 0 spiro atoms. The van der Waals surface area contributed by atoms with Crippen molar-refractivity contribution in [2.45, 2.75) is 31.9 Å². The van der Waals surface area contributed by atoms with Crippen molar-refractivity contribution in [1.82, 2.24) is 10.2 Å². The number of imide groups is 1. The van der Waals surface area contributed by atoms with Gasteiger partial charge in [-0.3, -0.25) is 14.5 Å². The first-order valence-electron chi connectivity index (χ1n) is 9.24. The fourth-order valence-electron chi connectivity index (χ4n) is 3.19. The predicted octanol–water partition coefficient (Wildman–Crippen LogP) is 2.54. The summed E-state index contributed by atoms with van der Waals surface area (Å²) in [5.74, 6) is -1.17. The van der Waals surface area contributed by atoms with Gasteiger partial charge < -0.3 is 10.1 Å². The van der Waals surface area contributed by atoms with E-state index in [1.165, 1.54) is 0 Å². The maximum Gasteiger partial charge on any atom is 0.326 e. The number of ether oxygens (including phenoxy) is 1. The molecule has 1 saturated heterocycles. The summed E-state index contributed by atoms with van der Waals surface area (Å²) in [6.07, 6.45) is 1.04. The van der Waals surface area contributed by atoms with E-state index < -0.39 is 30.0 Å². The van der Waals surface area contributed by atoms with Crippen molar-refractivity contribution in [3.8, 4) is 6.07 Å². The highest BCUT2D eigenvalue weighted by molar-refractivity contribution is 6.08. The molecule has 1 aliphatic rings. The lowest BCUT2D eigenvalue weighted by molar-refractivity contribution is -0.148. The first-order valence-corrected chi connectivity index (χ1v) is 9.24. The van der Waals surface area contributed by atoms with Crippen LogP contribution >= 0.6 is 0 Å². The summed E-state index contributed by atoms with van der Waals surface area (Å²) in [5.41, 5.74) is 0.961. The molecule has 0 aromatic heterocycles. The smallest absolute Gasteiger partial charge is 0.326 e. The van der Waals surface area contributed by atoms with Crippen LogP contribution in [0, 0.1) is 11.3 Å². The number of hydrogen-bond donors (Lipinski definition) is 1. The van der Waals surface area contributed by atoms with Crippen LogP contribution in [0.2, 0.25) is 0 Å². The number of nitriles is 1. The van der Waals surface area contributed by atoms with E-state index >= 15 is 0 Å². The largest absolute Gasteiger partial charge is 0.459 e. The molecule has 7 nitrogen and oxygen atoms in total. The topological polar surface area (TPSA) is 99.5 Å². The highest BCUT2D eigenvalue weighted by atomic mass is 16.5. The van der Waals surface area contributed by atoms with Gasteiger partial charge in [0.2, 0.25) is 0 Å². The van der Waals surface area contributed by atoms with Crippen LogP contribution in [0.5, 0.6) is 0 Å². The van der Waals surface area contributed by atoms with Crippen LogP contribution in [-0.2, 0) is 27.4 Å². The van der Waals surface area contributed by atoms with E-state index in [9.17, 15) is 14.4 Å². The Kier molecular flexibility index (Phi) is 5.93. The van der Waals surface area contributed by atoms with Crippen molar-refractivity contribution in [3.05, 3.63) is 71.3 Å². The maximum atomic E-state index is 12.8. The first kappa shape index (κ1) is 20.1. The second kappa shape index (κ2) is 8.57. The molecule has 1 heterocycles. The van der Waals surface area contributed by atoms with Crippen LogP contribution in [0.25, 0.3) is 0 Å². The molecule has 7 heteroatoms. The maximum absolute atomic E-state index is 12.8. The average Bonchev–Trinajstić information content (AvgIpc) is 2.95. The summed E-state index contributed by atoms with van der Waals surface area (Å²) >= 11 is 0. The van der Waals surface area contributed by atoms with Crippen LogP contribution in [0.4, 0.5) is 4.79 Å². The third kappa shape index (κ3) is 4.61. The molecular weight excluding hydrogens is 370 g/mol. The Hall–Kier alpha value is -3.66.